The molecule has 1 aromatic carbocycles. The molecule has 1 aromatic rings. The zero-order chi connectivity index (χ0) is 10.4. The fourth-order valence-corrected chi connectivity index (χ4v) is 0.939. The maximum Gasteiger partial charge on any atom is 0.129 e. The van der Waals surface area contributed by atoms with Gasteiger partial charge in [0.1, 0.15) is 12.4 Å². The zero-order valence-corrected chi connectivity index (χ0v) is 8.03. The Balaban J connectivity index is 2.64. The summed E-state index contributed by atoms with van der Waals surface area (Å²) in [5, 5.41) is 3.83. The van der Waals surface area contributed by atoms with Crippen molar-refractivity contribution in [3.63, 3.8) is 0 Å². The summed E-state index contributed by atoms with van der Waals surface area (Å²) in [6.07, 6.45) is 0. The summed E-state index contributed by atoms with van der Waals surface area (Å²) in [6.45, 7) is 2.61. The normalized spacial score (nSPS) is 11.5. The summed E-state index contributed by atoms with van der Waals surface area (Å²) >= 11 is 0. The van der Waals surface area contributed by atoms with E-state index in [9.17, 15) is 4.39 Å². The lowest BCUT2D eigenvalue weighted by Crippen LogP contribution is -2.06. The Morgan fingerprint density at radius 1 is 1.43 bits per heavy atom. The van der Waals surface area contributed by atoms with Crippen molar-refractivity contribution in [1.29, 1.82) is 0 Å². The summed E-state index contributed by atoms with van der Waals surface area (Å²) in [5.41, 5.74) is 6.77. The van der Waals surface area contributed by atoms with Gasteiger partial charge in [-0.05, 0) is 24.6 Å². The van der Waals surface area contributed by atoms with Crippen molar-refractivity contribution in [3.8, 4) is 0 Å². The van der Waals surface area contributed by atoms with Gasteiger partial charge in [0.2, 0.25) is 0 Å². The molecule has 0 bridgehead atoms. The molecule has 14 heavy (non-hydrogen) atoms. The average molecular weight is 196 g/mol. The van der Waals surface area contributed by atoms with Crippen molar-refractivity contribution in [1.82, 2.24) is 0 Å². The van der Waals surface area contributed by atoms with Crippen LogP contribution in [-0.4, -0.2) is 18.9 Å². The van der Waals surface area contributed by atoms with Crippen LogP contribution in [0.25, 0.3) is 0 Å². The van der Waals surface area contributed by atoms with Gasteiger partial charge in [0.15, 0.2) is 0 Å². The van der Waals surface area contributed by atoms with E-state index in [1.807, 2.05) is 0 Å². The van der Waals surface area contributed by atoms with Crippen LogP contribution in [-0.2, 0) is 4.84 Å². The first kappa shape index (κ1) is 10.7. The molecule has 0 atom stereocenters. The molecule has 76 valence electrons. The second kappa shape index (κ2) is 5.34. The Morgan fingerprint density at radius 3 is 2.64 bits per heavy atom. The molecule has 0 aliphatic carbocycles. The molecule has 0 spiro atoms. The summed E-state index contributed by atoms with van der Waals surface area (Å²) in [7, 11) is 0. The van der Waals surface area contributed by atoms with E-state index in [1.54, 1.807) is 19.1 Å². The molecule has 0 fully saturated rings. The maximum atomic E-state index is 12.6. The molecule has 0 aliphatic rings. The molecule has 4 heteroatoms. The third-order valence-electron chi connectivity index (χ3n) is 1.67. The van der Waals surface area contributed by atoms with Gasteiger partial charge in [0.25, 0.3) is 0 Å². The van der Waals surface area contributed by atoms with Crippen LogP contribution in [0, 0.1) is 5.82 Å². The van der Waals surface area contributed by atoms with E-state index in [1.165, 1.54) is 12.1 Å². The molecule has 3 nitrogen and oxygen atoms in total. The van der Waals surface area contributed by atoms with Crippen molar-refractivity contribution >= 4 is 5.71 Å². The zero-order valence-electron chi connectivity index (χ0n) is 8.03. The Kier molecular flexibility index (Phi) is 4.07. The van der Waals surface area contributed by atoms with E-state index < -0.39 is 0 Å². The summed E-state index contributed by atoms with van der Waals surface area (Å²) in [5.74, 6) is -0.260. The molecular formula is C10H13FN2O. The topological polar surface area (TPSA) is 47.6 Å². The van der Waals surface area contributed by atoms with E-state index in [2.05, 4.69) is 5.16 Å². The molecule has 0 aliphatic heterocycles. The van der Waals surface area contributed by atoms with Gasteiger partial charge < -0.3 is 10.6 Å². The van der Waals surface area contributed by atoms with Crippen LogP contribution >= 0.6 is 0 Å². The first-order valence-corrected chi connectivity index (χ1v) is 4.36. The second-order valence-corrected chi connectivity index (χ2v) is 2.81. The van der Waals surface area contributed by atoms with E-state index in [0.717, 1.165) is 5.56 Å². The predicted molar refractivity (Wildman–Crippen MR) is 53.6 cm³/mol. The molecule has 0 saturated heterocycles. The van der Waals surface area contributed by atoms with Gasteiger partial charge in [-0.2, -0.15) is 0 Å². The van der Waals surface area contributed by atoms with Gasteiger partial charge in [-0.15, -0.1) is 0 Å². The van der Waals surface area contributed by atoms with Crippen LogP contribution in [0.5, 0.6) is 0 Å². The van der Waals surface area contributed by atoms with Crippen LogP contribution in [0.3, 0.4) is 0 Å². The number of rotatable bonds is 4. The average Bonchev–Trinajstić information content (AvgIpc) is 2.19. The highest BCUT2D eigenvalue weighted by Gasteiger charge is 1.97. The van der Waals surface area contributed by atoms with Crippen molar-refractivity contribution in [2.75, 3.05) is 13.2 Å². The van der Waals surface area contributed by atoms with Crippen LogP contribution in [0.1, 0.15) is 12.5 Å². The largest absolute Gasteiger partial charge is 0.394 e. The molecule has 0 saturated carbocycles. The first-order chi connectivity index (χ1) is 6.74. The molecule has 0 unspecified atom stereocenters. The van der Waals surface area contributed by atoms with Gasteiger partial charge in [0, 0.05) is 6.54 Å². The smallest absolute Gasteiger partial charge is 0.129 e. The molecular weight excluding hydrogens is 183 g/mol. The van der Waals surface area contributed by atoms with Crippen molar-refractivity contribution in [2.24, 2.45) is 10.9 Å². The lowest BCUT2D eigenvalue weighted by molar-refractivity contribution is 0.152. The molecule has 2 N–H and O–H groups in total. The Hall–Kier alpha value is -1.42. The number of nitrogens with two attached hydrogens (primary N) is 1. The highest BCUT2D eigenvalue weighted by atomic mass is 19.1. The fourth-order valence-electron chi connectivity index (χ4n) is 0.939. The minimum Gasteiger partial charge on any atom is -0.394 e. The number of benzene rings is 1. The van der Waals surface area contributed by atoms with Gasteiger partial charge in [-0.3, -0.25) is 0 Å². The van der Waals surface area contributed by atoms with Gasteiger partial charge >= 0.3 is 0 Å². The number of hydrogen-bond donors (Lipinski definition) is 1. The van der Waals surface area contributed by atoms with E-state index in [0.29, 0.717) is 18.9 Å². The number of oxime groups is 1. The lowest BCUT2D eigenvalue weighted by Gasteiger charge is -2.00. The van der Waals surface area contributed by atoms with E-state index >= 15 is 0 Å². The van der Waals surface area contributed by atoms with Crippen LogP contribution in [0.15, 0.2) is 29.4 Å². The van der Waals surface area contributed by atoms with E-state index in [4.69, 9.17) is 10.6 Å². The minimum absolute atomic E-state index is 0.260. The predicted octanol–water partition coefficient (Wildman–Crippen LogP) is 1.53. The number of hydrogen-bond acceptors (Lipinski definition) is 3. The highest BCUT2D eigenvalue weighted by Crippen LogP contribution is 2.04. The van der Waals surface area contributed by atoms with Crippen molar-refractivity contribution in [3.05, 3.63) is 35.6 Å². The van der Waals surface area contributed by atoms with Crippen molar-refractivity contribution < 1.29 is 9.23 Å². The molecule has 0 amide bonds. The van der Waals surface area contributed by atoms with Crippen molar-refractivity contribution in [2.45, 2.75) is 6.92 Å². The van der Waals surface area contributed by atoms with Crippen LogP contribution in [0.2, 0.25) is 0 Å². The Bertz CT molecular complexity index is 308. The third kappa shape index (κ3) is 3.14. The van der Waals surface area contributed by atoms with Crippen LogP contribution < -0.4 is 5.73 Å². The molecule has 0 radical (unpaired) electrons. The summed E-state index contributed by atoms with van der Waals surface area (Å²) in [6, 6.07) is 6.08. The van der Waals surface area contributed by atoms with E-state index in [-0.39, 0.29) is 5.82 Å². The monoisotopic (exact) mass is 196 g/mol. The highest BCUT2D eigenvalue weighted by molar-refractivity contribution is 5.98. The lowest BCUT2D eigenvalue weighted by atomic mass is 10.1. The maximum absolute atomic E-state index is 12.6. The number of nitrogens with zero attached hydrogens (tertiary/aromatic N) is 1. The Morgan fingerprint density at radius 2 is 2.07 bits per heavy atom. The Labute approximate surface area is 82.4 Å². The summed E-state index contributed by atoms with van der Waals surface area (Å²) < 4.78 is 12.6. The fraction of sp³-hybridized carbons (Fsp3) is 0.300. The SMILES string of the molecule is CC(=NOCCN)c1ccc(F)cc1. The first-order valence-electron chi connectivity index (χ1n) is 4.36. The van der Waals surface area contributed by atoms with Gasteiger partial charge in [-0.1, -0.05) is 17.3 Å². The number of halogens is 1. The quantitative estimate of drug-likeness (QED) is 0.451. The summed E-state index contributed by atoms with van der Waals surface area (Å²) in [4.78, 5) is 4.90. The van der Waals surface area contributed by atoms with Gasteiger partial charge in [-0.25, -0.2) is 4.39 Å². The second-order valence-electron chi connectivity index (χ2n) is 2.81. The molecule has 1 rings (SSSR count). The standard InChI is InChI=1S/C10H13FN2O/c1-8(13-14-7-6-12)9-2-4-10(11)5-3-9/h2-5H,6-7,12H2,1H3. The molecule has 0 heterocycles. The van der Waals surface area contributed by atoms with Gasteiger partial charge in [0.05, 0.1) is 5.71 Å². The van der Waals surface area contributed by atoms with Crippen LogP contribution in [0.4, 0.5) is 4.39 Å². The molecule has 0 aromatic heterocycles. The third-order valence-corrected chi connectivity index (χ3v) is 1.67. The minimum atomic E-state index is -0.260.